The number of hydrogen-bond donors (Lipinski definition) is 1. The Kier molecular flexibility index (Phi) is 5.36. The number of quaternary nitrogens is 1. The number of rotatable bonds is 6. The van der Waals surface area contributed by atoms with Crippen LogP contribution in [0.1, 0.15) is 23.5 Å². The first-order chi connectivity index (χ1) is 12.0. The fourth-order valence-corrected chi connectivity index (χ4v) is 4.00. The first-order valence-electron chi connectivity index (χ1n) is 8.32. The number of benzene rings is 2. The van der Waals surface area contributed by atoms with Gasteiger partial charge in [-0.15, -0.1) is 5.75 Å². The van der Waals surface area contributed by atoms with Gasteiger partial charge in [0.25, 0.3) is 0 Å². The third kappa shape index (κ3) is 4.59. The van der Waals surface area contributed by atoms with Gasteiger partial charge in [-0.3, -0.25) is 0 Å². The van der Waals surface area contributed by atoms with Gasteiger partial charge in [-0.1, -0.05) is 60.7 Å². The third-order valence-corrected chi connectivity index (χ3v) is 5.91. The van der Waals surface area contributed by atoms with Crippen LogP contribution in [0.2, 0.25) is 0 Å². The van der Waals surface area contributed by atoms with Crippen LogP contribution in [0, 0.1) is 0 Å². The van der Waals surface area contributed by atoms with Crippen molar-refractivity contribution in [2.45, 2.75) is 23.7 Å². The number of hydrogen-bond acceptors (Lipinski definition) is 3. The van der Waals surface area contributed by atoms with Gasteiger partial charge >= 0.3 is 10.0 Å². The van der Waals surface area contributed by atoms with Crippen molar-refractivity contribution in [1.29, 1.82) is 0 Å². The number of primary sulfonamides is 1. The maximum Gasteiger partial charge on any atom is 0.324 e. The van der Waals surface area contributed by atoms with Gasteiger partial charge in [0, 0.05) is 12.3 Å². The standard InChI is InChI=1S/C20H21NO3S/c22-19-10-6-16(7-11-19)14-15-21-25(23,24)20-12-8-18(9-13-20)17-4-2-1-3-5-17/h1-4,6-13,17,21-22H,5,14-15H2. The van der Waals surface area contributed by atoms with Crippen LogP contribution < -0.4 is 9.83 Å². The summed E-state index contributed by atoms with van der Waals surface area (Å²) in [6.45, 7) is 0.415. The number of nitrogens with two attached hydrogens (primary N) is 1. The van der Waals surface area contributed by atoms with E-state index < -0.39 is 10.0 Å². The lowest BCUT2D eigenvalue weighted by Gasteiger charge is -2.13. The summed E-state index contributed by atoms with van der Waals surface area (Å²) < 4.78 is 26.2. The first-order valence-corrected chi connectivity index (χ1v) is 9.87. The summed E-state index contributed by atoms with van der Waals surface area (Å²) >= 11 is 0. The van der Waals surface area contributed by atoms with Crippen LogP contribution in [-0.4, -0.2) is 15.0 Å². The van der Waals surface area contributed by atoms with Crippen molar-refractivity contribution < 1.29 is 18.2 Å². The topological polar surface area (TPSA) is 73.8 Å². The van der Waals surface area contributed by atoms with Crippen molar-refractivity contribution in [2.75, 3.05) is 6.54 Å². The lowest BCUT2D eigenvalue weighted by Crippen LogP contribution is -2.87. The molecule has 0 radical (unpaired) electrons. The molecule has 25 heavy (non-hydrogen) atoms. The van der Waals surface area contributed by atoms with Crippen LogP contribution in [0.3, 0.4) is 0 Å². The number of sulfonamides is 1. The van der Waals surface area contributed by atoms with Crippen LogP contribution in [0.15, 0.2) is 77.7 Å². The Morgan fingerprint density at radius 1 is 1.00 bits per heavy atom. The van der Waals surface area contributed by atoms with Crippen LogP contribution in [-0.2, 0) is 16.4 Å². The predicted octanol–water partition coefficient (Wildman–Crippen LogP) is 1.85. The molecular weight excluding hydrogens is 334 g/mol. The zero-order chi connectivity index (χ0) is 17.7. The molecule has 0 amide bonds. The molecule has 0 aliphatic heterocycles. The Morgan fingerprint density at radius 3 is 2.36 bits per heavy atom. The molecule has 0 bridgehead atoms. The van der Waals surface area contributed by atoms with Crippen LogP contribution in [0.4, 0.5) is 0 Å². The predicted molar refractivity (Wildman–Crippen MR) is 95.7 cm³/mol. The molecule has 2 aromatic carbocycles. The SMILES string of the molecule is O=S(=O)([NH2+]CCc1ccc([O-])cc1)c1ccc(C2C=CC=CC2)cc1. The average Bonchev–Trinajstić information content (AvgIpc) is 2.64. The summed E-state index contributed by atoms with van der Waals surface area (Å²) in [5.41, 5.74) is 2.08. The number of allylic oxidation sites excluding steroid dienone is 4. The molecule has 3 rings (SSSR count). The van der Waals surface area contributed by atoms with E-state index in [1.54, 1.807) is 24.3 Å². The van der Waals surface area contributed by atoms with Gasteiger partial charge in [0.15, 0.2) is 0 Å². The molecule has 0 aromatic heterocycles. The van der Waals surface area contributed by atoms with E-state index in [9.17, 15) is 13.5 Å². The van der Waals surface area contributed by atoms with Crippen LogP contribution in [0.25, 0.3) is 0 Å². The second-order valence-corrected chi connectivity index (χ2v) is 8.01. The van der Waals surface area contributed by atoms with E-state index in [-0.39, 0.29) is 5.75 Å². The Balaban J connectivity index is 1.60. The first kappa shape index (κ1) is 17.5. The largest absolute Gasteiger partial charge is 0.872 e. The van der Waals surface area contributed by atoms with Gasteiger partial charge in [-0.2, -0.15) is 8.42 Å². The van der Waals surface area contributed by atoms with Gasteiger partial charge in [-0.05, 0) is 29.7 Å². The Hall–Kier alpha value is -2.37. The molecule has 2 aromatic rings. The smallest absolute Gasteiger partial charge is 0.324 e. The van der Waals surface area contributed by atoms with E-state index in [4.69, 9.17) is 0 Å². The molecule has 1 unspecified atom stereocenters. The second kappa shape index (κ2) is 7.68. The van der Waals surface area contributed by atoms with E-state index in [1.165, 1.54) is 16.9 Å². The fourth-order valence-electron chi connectivity index (χ4n) is 2.87. The minimum atomic E-state index is -3.40. The highest BCUT2D eigenvalue weighted by Crippen LogP contribution is 2.25. The summed E-state index contributed by atoms with van der Waals surface area (Å²) in [5.74, 6) is 0.276. The fraction of sp³-hybridized carbons (Fsp3) is 0.200. The highest BCUT2D eigenvalue weighted by atomic mass is 32.2. The van der Waals surface area contributed by atoms with Crippen molar-refractivity contribution in [3.05, 3.63) is 84.0 Å². The lowest BCUT2D eigenvalue weighted by atomic mass is 9.93. The summed E-state index contributed by atoms with van der Waals surface area (Å²) in [7, 11) is -3.40. The molecule has 0 saturated carbocycles. The molecule has 0 heterocycles. The van der Waals surface area contributed by atoms with Crippen molar-refractivity contribution in [3.63, 3.8) is 0 Å². The van der Waals surface area contributed by atoms with Crippen molar-refractivity contribution in [1.82, 2.24) is 0 Å². The molecule has 130 valence electrons. The molecule has 1 atom stereocenters. The quantitative estimate of drug-likeness (QED) is 0.859. The van der Waals surface area contributed by atoms with Gasteiger partial charge in [-0.25, -0.2) is 4.72 Å². The minimum absolute atomic E-state index is 0.0382. The molecule has 0 fully saturated rings. The van der Waals surface area contributed by atoms with Gasteiger partial charge < -0.3 is 5.11 Å². The molecule has 1 aliphatic rings. The monoisotopic (exact) mass is 355 g/mol. The normalized spacial score (nSPS) is 16.9. The maximum atomic E-state index is 12.4. The average molecular weight is 355 g/mol. The van der Waals surface area contributed by atoms with Crippen LogP contribution in [0.5, 0.6) is 5.75 Å². The highest BCUT2D eigenvalue weighted by molar-refractivity contribution is 7.84. The summed E-state index contributed by atoms with van der Waals surface area (Å²) in [6.07, 6.45) is 9.82. The van der Waals surface area contributed by atoms with Crippen LogP contribution >= 0.6 is 0 Å². The zero-order valence-corrected chi connectivity index (χ0v) is 14.7. The molecule has 0 saturated heterocycles. The lowest BCUT2D eigenvalue weighted by molar-refractivity contribution is -0.496. The third-order valence-electron chi connectivity index (χ3n) is 4.31. The van der Waals surface area contributed by atoms with Crippen molar-refractivity contribution >= 4 is 10.0 Å². The van der Waals surface area contributed by atoms with Crippen molar-refractivity contribution in [3.8, 4) is 5.75 Å². The van der Waals surface area contributed by atoms with E-state index in [1.807, 2.05) is 24.3 Å². The van der Waals surface area contributed by atoms with Gasteiger partial charge in [0.2, 0.25) is 0 Å². The van der Waals surface area contributed by atoms with E-state index in [0.717, 1.165) is 17.5 Å². The van der Waals surface area contributed by atoms with Gasteiger partial charge in [0.05, 0.1) is 6.54 Å². The maximum absolute atomic E-state index is 12.4. The van der Waals surface area contributed by atoms with Gasteiger partial charge in [0.1, 0.15) is 4.90 Å². The molecule has 4 nitrogen and oxygen atoms in total. The molecule has 5 heteroatoms. The molecule has 2 N–H and O–H groups in total. The minimum Gasteiger partial charge on any atom is -0.872 e. The summed E-state index contributed by atoms with van der Waals surface area (Å²) in [5, 5.41) is 11.1. The highest BCUT2D eigenvalue weighted by Gasteiger charge is 2.18. The molecule has 1 aliphatic carbocycles. The van der Waals surface area contributed by atoms with E-state index in [0.29, 0.717) is 23.8 Å². The second-order valence-electron chi connectivity index (χ2n) is 6.12. The summed E-state index contributed by atoms with van der Waals surface area (Å²) in [6, 6.07) is 13.6. The zero-order valence-electron chi connectivity index (χ0n) is 13.8. The molecular formula is C20H21NO3S. The van der Waals surface area contributed by atoms with E-state index >= 15 is 0 Å². The van der Waals surface area contributed by atoms with E-state index in [2.05, 4.69) is 12.2 Å². The Labute approximate surface area is 148 Å². The molecule has 0 spiro atoms. The van der Waals surface area contributed by atoms with Crippen molar-refractivity contribution in [2.24, 2.45) is 0 Å². The Morgan fingerprint density at radius 2 is 1.72 bits per heavy atom. The Bertz CT molecular complexity index is 866. The summed E-state index contributed by atoms with van der Waals surface area (Å²) in [4.78, 5) is 0.321.